The fourth-order valence-corrected chi connectivity index (χ4v) is 3.30. The first-order chi connectivity index (χ1) is 14.5. The number of para-hydroxylation sites is 2. The van der Waals surface area contributed by atoms with Crippen LogP contribution in [0.3, 0.4) is 0 Å². The number of ether oxygens (including phenoxy) is 2. The number of likely N-dealkylation sites (N-methyl/N-ethyl adjacent to an activating group) is 1. The van der Waals surface area contributed by atoms with Gasteiger partial charge in [0.2, 0.25) is 11.8 Å². The number of anilines is 3. The Labute approximate surface area is 176 Å². The molecular formula is C22H28N4O4. The molecule has 2 aromatic rings. The SMILES string of the molecule is COc1cccc(NC(=O)CN(C)CC(=O)Nc2ccccc2N2CCOCC2)c1. The van der Waals surface area contributed by atoms with Gasteiger partial charge in [0, 0.05) is 24.8 Å². The molecule has 2 N–H and O–H groups in total. The summed E-state index contributed by atoms with van der Waals surface area (Å²) in [5, 5.41) is 5.78. The van der Waals surface area contributed by atoms with Crippen molar-refractivity contribution < 1.29 is 19.1 Å². The van der Waals surface area contributed by atoms with Crippen molar-refractivity contribution in [2.75, 3.05) is 69.1 Å². The Morgan fingerprint density at radius 3 is 2.47 bits per heavy atom. The molecule has 160 valence electrons. The van der Waals surface area contributed by atoms with Crippen molar-refractivity contribution in [1.29, 1.82) is 0 Å². The summed E-state index contributed by atoms with van der Waals surface area (Å²) < 4.78 is 10.6. The minimum atomic E-state index is -0.202. The van der Waals surface area contributed by atoms with Gasteiger partial charge in [0.1, 0.15) is 5.75 Å². The number of rotatable bonds is 8. The van der Waals surface area contributed by atoms with Gasteiger partial charge < -0.3 is 25.0 Å². The van der Waals surface area contributed by atoms with Gasteiger partial charge >= 0.3 is 0 Å². The topological polar surface area (TPSA) is 83.1 Å². The predicted molar refractivity (Wildman–Crippen MR) is 117 cm³/mol. The van der Waals surface area contributed by atoms with Crippen LogP contribution in [-0.4, -0.2) is 70.3 Å². The van der Waals surface area contributed by atoms with Crippen LogP contribution in [0.25, 0.3) is 0 Å². The molecular weight excluding hydrogens is 384 g/mol. The van der Waals surface area contributed by atoms with E-state index in [4.69, 9.17) is 9.47 Å². The maximum atomic E-state index is 12.5. The largest absolute Gasteiger partial charge is 0.497 e. The smallest absolute Gasteiger partial charge is 0.238 e. The van der Waals surface area contributed by atoms with Crippen LogP contribution in [0.4, 0.5) is 17.1 Å². The Kier molecular flexibility index (Phi) is 7.64. The number of carbonyl (C=O) groups is 2. The van der Waals surface area contributed by atoms with Crippen LogP contribution in [0.15, 0.2) is 48.5 Å². The van der Waals surface area contributed by atoms with Crippen LogP contribution < -0.4 is 20.3 Å². The van der Waals surface area contributed by atoms with Crippen LogP contribution in [0, 0.1) is 0 Å². The third-order valence-electron chi connectivity index (χ3n) is 4.71. The highest BCUT2D eigenvalue weighted by molar-refractivity contribution is 5.96. The van der Waals surface area contributed by atoms with Gasteiger partial charge in [-0.25, -0.2) is 0 Å². The number of hydrogen-bond acceptors (Lipinski definition) is 6. The lowest BCUT2D eigenvalue weighted by molar-refractivity contribution is -0.119. The fourth-order valence-electron chi connectivity index (χ4n) is 3.30. The van der Waals surface area contributed by atoms with Crippen LogP contribution in [0.5, 0.6) is 5.75 Å². The number of amides is 2. The molecule has 0 bridgehead atoms. The number of carbonyl (C=O) groups excluding carboxylic acids is 2. The maximum absolute atomic E-state index is 12.5. The molecule has 0 aliphatic carbocycles. The number of benzene rings is 2. The quantitative estimate of drug-likeness (QED) is 0.691. The maximum Gasteiger partial charge on any atom is 0.238 e. The highest BCUT2D eigenvalue weighted by Gasteiger charge is 2.17. The van der Waals surface area contributed by atoms with E-state index in [-0.39, 0.29) is 24.9 Å². The molecule has 0 spiro atoms. The molecule has 0 radical (unpaired) electrons. The van der Waals surface area contributed by atoms with E-state index >= 15 is 0 Å². The molecule has 1 aliphatic rings. The van der Waals surface area contributed by atoms with E-state index in [0.717, 1.165) is 24.5 Å². The summed E-state index contributed by atoms with van der Waals surface area (Å²) >= 11 is 0. The first kappa shape index (κ1) is 21.6. The summed E-state index contributed by atoms with van der Waals surface area (Å²) in [6.07, 6.45) is 0. The van der Waals surface area contributed by atoms with Crippen molar-refractivity contribution in [2.45, 2.75) is 0 Å². The molecule has 0 atom stereocenters. The highest BCUT2D eigenvalue weighted by atomic mass is 16.5. The van der Waals surface area contributed by atoms with Crippen LogP contribution in [0.2, 0.25) is 0 Å². The minimum absolute atomic E-state index is 0.0930. The summed E-state index contributed by atoms with van der Waals surface area (Å²) in [5.41, 5.74) is 2.39. The molecule has 8 heteroatoms. The van der Waals surface area contributed by atoms with Crippen LogP contribution in [-0.2, 0) is 14.3 Å². The molecule has 0 saturated carbocycles. The zero-order valence-corrected chi connectivity index (χ0v) is 17.4. The molecule has 2 aromatic carbocycles. The monoisotopic (exact) mass is 412 g/mol. The van der Waals surface area contributed by atoms with E-state index in [2.05, 4.69) is 15.5 Å². The number of nitrogens with one attached hydrogen (secondary N) is 2. The van der Waals surface area contributed by atoms with Gasteiger partial charge in [-0.2, -0.15) is 0 Å². The second kappa shape index (κ2) is 10.6. The van der Waals surface area contributed by atoms with Crippen molar-refractivity contribution in [1.82, 2.24) is 4.90 Å². The molecule has 30 heavy (non-hydrogen) atoms. The average Bonchev–Trinajstić information content (AvgIpc) is 2.74. The van der Waals surface area contributed by atoms with Crippen molar-refractivity contribution in [3.8, 4) is 5.75 Å². The summed E-state index contributed by atoms with van der Waals surface area (Å²) in [5.74, 6) is 0.291. The van der Waals surface area contributed by atoms with E-state index in [1.807, 2.05) is 24.3 Å². The van der Waals surface area contributed by atoms with Gasteiger partial charge in [0.15, 0.2) is 0 Å². The molecule has 8 nitrogen and oxygen atoms in total. The van der Waals surface area contributed by atoms with E-state index < -0.39 is 0 Å². The lowest BCUT2D eigenvalue weighted by Gasteiger charge is -2.30. The molecule has 0 aromatic heterocycles. The lowest BCUT2D eigenvalue weighted by atomic mass is 10.2. The van der Waals surface area contributed by atoms with Crippen molar-refractivity contribution >= 4 is 28.9 Å². The van der Waals surface area contributed by atoms with Gasteiger partial charge in [-0.3, -0.25) is 14.5 Å². The normalized spacial score (nSPS) is 13.8. The minimum Gasteiger partial charge on any atom is -0.497 e. The fraction of sp³-hybridized carbons (Fsp3) is 0.364. The zero-order chi connectivity index (χ0) is 21.3. The Balaban J connectivity index is 1.51. The lowest BCUT2D eigenvalue weighted by Crippen LogP contribution is -2.38. The standard InChI is InChI=1S/C22H28N4O4/c1-25(15-21(27)23-17-6-5-7-18(14-17)29-2)16-22(28)24-19-8-3-4-9-20(19)26-10-12-30-13-11-26/h3-9,14H,10-13,15-16H2,1-2H3,(H,23,27)(H,24,28). The van der Waals surface area contributed by atoms with Crippen molar-refractivity contribution in [2.24, 2.45) is 0 Å². The number of nitrogens with zero attached hydrogens (tertiary/aromatic N) is 2. The van der Waals surface area contributed by atoms with E-state index in [0.29, 0.717) is 24.7 Å². The number of hydrogen-bond donors (Lipinski definition) is 2. The third kappa shape index (κ3) is 6.20. The van der Waals surface area contributed by atoms with Crippen LogP contribution >= 0.6 is 0 Å². The Morgan fingerprint density at radius 2 is 1.73 bits per heavy atom. The van der Waals surface area contributed by atoms with Gasteiger partial charge in [0.25, 0.3) is 0 Å². The predicted octanol–water partition coefficient (Wildman–Crippen LogP) is 2.04. The molecule has 3 rings (SSSR count). The highest BCUT2D eigenvalue weighted by Crippen LogP contribution is 2.26. The van der Waals surface area contributed by atoms with Gasteiger partial charge in [-0.15, -0.1) is 0 Å². The van der Waals surface area contributed by atoms with Crippen LogP contribution in [0.1, 0.15) is 0 Å². The zero-order valence-electron chi connectivity index (χ0n) is 17.4. The Bertz CT molecular complexity index is 868. The molecule has 2 amide bonds. The Hall–Kier alpha value is -3.10. The first-order valence-electron chi connectivity index (χ1n) is 9.89. The molecule has 1 fully saturated rings. The van der Waals surface area contributed by atoms with Gasteiger partial charge in [-0.1, -0.05) is 18.2 Å². The third-order valence-corrected chi connectivity index (χ3v) is 4.71. The summed E-state index contributed by atoms with van der Waals surface area (Å²) in [7, 11) is 3.31. The number of morpholine rings is 1. The second-order valence-electron chi connectivity index (χ2n) is 7.12. The average molecular weight is 412 g/mol. The number of methoxy groups -OCH3 is 1. The summed E-state index contributed by atoms with van der Waals surface area (Å²) in [6.45, 7) is 3.12. The summed E-state index contributed by atoms with van der Waals surface area (Å²) in [4.78, 5) is 28.7. The molecule has 0 unspecified atom stereocenters. The van der Waals surface area contributed by atoms with E-state index in [1.165, 1.54) is 0 Å². The van der Waals surface area contributed by atoms with E-state index in [1.54, 1.807) is 43.3 Å². The first-order valence-corrected chi connectivity index (χ1v) is 9.89. The molecule has 1 aliphatic heterocycles. The summed E-state index contributed by atoms with van der Waals surface area (Å²) in [6, 6.07) is 14.9. The van der Waals surface area contributed by atoms with Crippen molar-refractivity contribution in [3.05, 3.63) is 48.5 Å². The van der Waals surface area contributed by atoms with E-state index in [9.17, 15) is 9.59 Å². The Morgan fingerprint density at radius 1 is 1.03 bits per heavy atom. The van der Waals surface area contributed by atoms with Crippen molar-refractivity contribution in [3.63, 3.8) is 0 Å². The molecule has 1 heterocycles. The second-order valence-corrected chi connectivity index (χ2v) is 7.12. The van der Waals surface area contributed by atoms with Gasteiger partial charge in [0.05, 0.1) is 44.8 Å². The van der Waals surface area contributed by atoms with Gasteiger partial charge in [-0.05, 0) is 31.3 Å². The molecule has 1 saturated heterocycles.